The Labute approximate surface area is 154 Å². The van der Waals surface area contributed by atoms with Crippen molar-refractivity contribution in [2.75, 3.05) is 20.1 Å². The fraction of sp³-hybridized carbons (Fsp3) is 0.350. The van der Waals surface area contributed by atoms with Crippen LogP contribution in [0, 0.1) is 0 Å². The molecular weight excluding hydrogens is 327 g/mol. The Balaban J connectivity index is 1.67. The molecule has 3 N–H and O–H groups in total. The lowest BCUT2D eigenvalue weighted by molar-refractivity contribution is 0.0714. The number of rotatable bonds is 5. The van der Waals surface area contributed by atoms with Gasteiger partial charge in [-0.05, 0) is 48.5 Å². The van der Waals surface area contributed by atoms with Crippen molar-refractivity contribution in [1.29, 1.82) is 0 Å². The highest BCUT2D eigenvalue weighted by Gasteiger charge is 2.27. The van der Waals surface area contributed by atoms with E-state index in [4.69, 9.17) is 0 Å². The van der Waals surface area contributed by atoms with Crippen molar-refractivity contribution in [2.24, 2.45) is 0 Å². The summed E-state index contributed by atoms with van der Waals surface area (Å²) in [5, 5.41) is 22.2. The zero-order valence-electron chi connectivity index (χ0n) is 15.1. The summed E-state index contributed by atoms with van der Waals surface area (Å²) in [6.07, 6.45) is 1.83. The number of amides is 1. The summed E-state index contributed by atoms with van der Waals surface area (Å²) in [6.45, 7) is 2.21. The number of piperidine rings is 1. The van der Waals surface area contributed by atoms with Gasteiger partial charge in [0.05, 0.1) is 0 Å². The molecule has 0 radical (unpaired) electrons. The van der Waals surface area contributed by atoms with E-state index in [9.17, 15) is 14.8 Å². The van der Waals surface area contributed by atoms with Gasteiger partial charge in [-0.15, -0.1) is 0 Å². The number of carbonyl (C=O) groups excluding carboxylic acids is 1. The molecule has 6 heteroatoms. The van der Waals surface area contributed by atoms with Gasteiger partial charge in [0.25, 0.3) is 5.91 Å². The molecule has 1 heterocycles. The van der Waals surface area contributed by atoms with Crippen molar-refractivity contribution in [2.45, 2.75) is 25.3 Å². The molecule has 1 aliphatic rings. The van der Waals surface area contributed by atoms with Gasteiger partial charge in [-0.1, -0.05) is 42.5 Å². The lowest BCUT2D eigenvalue weighted by Gasteiger charge is -2.33. The van der Waals surface area contributed by atoms with Crippen molar-refractivity contribution in [3.05, 3.63) is 65.2 Å². The van der Waals surface area contributed by atoms with Crippen LogP contribution in [0.2, 0.25) is 0 Å². The quantitative estimate of drug-likeness (QED) is 0.705. The van der Waals surface area contributed by atoms with E-state index in [0.717, 1.165) is 19.4 Å². The molecule has 0 aromatic heterocycles. The van der Waals surface area contributed by atoms with Gasteiger partial charge < -0.3 is 20.3 Å². The van der Waals surface area contributed by atoms with E-state index in [1.165, 1.54) is 11.1 Å². The van der Waals surface area contributed by atoms with Crippen LogP contribution in [0.15, 0.2) is 48.5 Å². The highest BCUT2D eigenvalue weighted by Crippen LogP contribution is 2.29. The van der Waals surface area contributed by atoms with Crippen molar-refractivity contribution < 1.29 is 14.8 Å². The molecule has 1 saturated heterocycles. The van der Waals surface area contributed by atoms with Crippen LogP contribution in [0.4, 0.5) is 0 Å². The minimum absolute atomic E-state index is 0.129. The number of hydrogen-bond donors (Lipinski definition) is 3. The molecule has 0 atom stereocenters. The normalized spacial score (nSPS) is 15.1. The minimum Gasteiger partial charge on any atom is -0.423 e. The second kappa shape index (κ2) is 8.49. The van der Waals surface area contributed by atoms with Gasteiger partial charge >= 0.3 is 7.12 Å². The van der Waals surface area contributed by atoms with Gasteiger partial charge in [-0.3, -0.25) is 4.79 Å². The first-order valence-electron chi connectivity index (χ1n) is 9.08. The van der Waals surface area contributed by atoms with Crippen LogP contribution < -0.4 is 10.8 Å². The van der Waals surface area contributed by atoms with Crippen LogP contribution in [-0.4, -0.2) is 48.1 Å². The Kier molecular flexibility index (Phi) is 6.09. The highest BCUT2D eigenvalue weighted by molar-refractivity contribution is 6.60. The van der Waals surface area contributed by atoms with E-state index in [2.05, 4.69) is 29.6 Å². The molecule has 0 aliphatic carbocycles. The Bertz CT molecular complexity index is 758. The van der Waals surface area contributed by atoms with Crippen molar-refractivity contribution in [1.82, 2.24) is 10.2 Å². The van der Waals surface area contributed by atoms with Gasteiger partial charge in [0.1, 0.15) is 0 Å². The second-order valence-corrected chi connectivity index (χ2v) is 6.80. The molecule has 26 heavy (non-hydrogen) atoms. The lowest BCUT2D eigenvalue weighted by atomic mass is 9.76. The first kappa shape index (κ1) is 18.6. The van der Waals surface area contributed by atoms with Crippen molar-refractivity contribution in [3.63, 3.8) is 0 Å². The SMILES string of the molecule is CNCc1cccc(C2CCN(C(=O)c3ccccc3B(O)O)CC2)c1. The van der Waals surface area contributed by atoms with Crippen LogP contribution in [0.1, 0.15) is 40.2 Å². The molecule has 136 valence electrons. The predicted molar refractivity (Wildman–Crippen MR) is 103 cm³/mol. The maximum Gasteiger partial charge on any atom is 0.489 e. The first-order valence-corrected chi connectivity index (χ1v) is 9.08. The third-order valence-corrected chi connectivity index (χ3v) is 5.05. The van der Waals surface area contributed by atoms with E-state index in [-0.39, 0.29) is 11.4 Å². The second-order valence-electron chi connectivity index (χ2n) is 6.80. The maximum atomic E-state index is 12.8. The summed E-state index contributed by atoms with van der Waals surface area (Å²) in [4.78, 5) is 14.6. The average molecular weight is 352 g/mol. The third kappa shape index (κ3) is 4.15. The number of nitrogens with zero attached hydrogens (tertiary/aromatic N) is 1. The Morgan fingerprint density at radius 3 is 2.58 bits per heavy atom. The van der Waals surface area contributed by atoms with Gasteiger partial charge in [-0.25, -0.2) is 0 Å². The van der Waals surface area contributed by atoms with Gasteiger partial charge in [0, 0.05) is 25.2 Å². The van der Waals surface area contributed by atoms with Crippen LogP contribution in [0.5, 0.6) is 0 Å². The van der Waals surface area contributed by atoms with Crippen molar-refractivity contribution in [3.8, 4) is 0 Å². The predicted octanol–water partition coefficient (Wildman–Crippen LogP) is 1.11. The summed E-state index contributed by atoms with van der Waals surface area (Å²) < 4.78 is 0. The van der Waals surface area contributed by atoms with Crippen LogP contribution in [0.3, 0.4) is 0 Å². The summed E-state index contributed by atoms with van der Waals surface area (Å²) in [6, 6.07) is 15.3. The molecule has 0 unspecified atom stereocenters. The van der Waals surface area contributed by atoms with Crippen LogP contribution in [-0.2, 0) is 6.54 Å². The molecule has 1 fully saturated rings. The van der Waals surface area contributed by atoms with E-state index in [1.807, 2.05) is 11.9 Å². The standard InChI is InChI=1S/C20H25BN2O3/c1-22-14-15-5-4-6-17(13-15)16-9-11-23(12-10-16)20(24)18-7-2-3-8-19(18)21(25)26/h2-8,13,16,22,25-26H,9-12,14H2,1H3. The van der Waals surface area contributed by atoms with Gasteiger partial charge in [0.2, 0.25) is 0 Å². The number of benzene rings is 2. The molecule has 0 spiro atoms. The summed E-state index contributed by atoms with van der Waals surface area (Å²) in [5.41, 5.74) is 3.24. The fourth-order valence-corrected chi connectivity index (χ4v) is 3.66. The monoisotopic (exact) mass is 352 g/mol. The zero-order valence-corrected chi connectivity index (χ0v) is 15.1. The zero-order chi connectivity index (χ0) is 18.5. The number of hydrogen-bond acceptors (Lipinski definition) is 4. The first-order chi connectivity index (χ1) is 12.6. The largest absolute Gasteiger partial charge is 0.489 e. The molecule has 2 aromatic carbocycles. The Hall–Kier alpha value is -2.15. The van der Waals surface area contributed by atoms with E-state index >= 15 is 0 Å². The summed E-state index contributed by atoms with van der Waals surface area (Å²) in [5.74, 6) is 0.325. The molecule has 0 saturated carbocycles. The molecule has 0 bridgehead atoms. The van der Waals surface area contributed by atoms with Gasteiger partial charge in [-0.2, -0.15) is 0 Å². The average Bonchev–Trinajstić information content (AvgIpc) is 2.68. The number of nitrogens with one attached hydrogen (secondary N) is 1. The molecule has 1 aliphatic heterocycles. The van der Waals surface area contributed by atoms with Crippen molar-refractivity contribution >= 4 is 18.5 Å². The number of carbonyl (C=O) groups is 1. The van der Waals surface area contributed by atoms with E-state index < -0.39 is 7.12 Å². The highest BCUT2D eigenvalue weighted by atomic mass is 16.4. The smallest absolute Gasteiger partial charge is 0.423 e. The summed E-state index contributed by atoms with van der Waals surface area (Å²) in [7, 11) is 0.306. The van der Waals surface area contributed by atoms with Crippen LogP contribution in [0.25, 0.3) is 0 Å². The topological polar surface area (TPSA) is 72.8 Å². The molecule has 2 aromatic rings. The molecule has 5 nitrogen and oxygen atoms in total. The number of likely N-dealkylation sites (tertiary alicyclic amines) is 1. The fourth-order valence-electron chi connectivity index (χ4n) is 3.66. The van der Waals surface area contributed by atoms with E-state index in [1.54, 1.807) is 24.3 Å². The van der Waals surface area contributed by atoms with Gasteiger partial charge in [0.15, 0.2) is 0 Å². The van der Waals surface area contributed by atoms with Crippen LogP contribution >= 0.6 is 0 Å². The lowest BCUT2D eigenvalue weighted by Crippen LogP contribution is -2.43. The minimum atomic E-state index is -1.64. The molecular formula is C20H25BN2O3. The molecule has 1 amide bonds. The van der Waals surface area contributed by atoms with E-state index in [0.29, 0.717) is 24.6 Å². The molecule has 3 rings (SSSR count). The summed E-state index contributed by atoms with van der Waals surface area (Å²) >= 11 is 0. The Morgan fingerprint density at radius 2 is 1.88 bits per heavy atom. The Morgan fingerprint density at radius 1 is 1.15 bits per heavy atom. The third-order valence-electron chi connectivity index (χ3n) is 5.05. The maximum absolute atomic E-state index is 12.8.